The Balaban J connectivity index is 1.31. The summed E-state index contributed by atoms with van der Waals surface area (Å²) in [4.78, 5) is 38.6. The van der Waals surface area contributed by atoms with E-state index >= 15 is 0 Å². The Labute approximate surface area is 240 Å². The van der Waals surface area contributed by atoms with Crippen LogP contribution < -0.4 is 10.2 Å². The molecule has 10 heteroatoms. The number of fused-ring (bicyclic) bond motifs is 1. The molecule has 9 nitrogen and oxygen atoms in total. The molecule has 6 aromatic rings. The maximum absolute atomic E-state index is 13.4. The SMILES string of the molecule is CN(C(=O)c1ccccc1)c1ccc2c(c1)nc(NC(=O)c1ccc(-c3cnn(C)c3)s1)n2CCc1cccnc1. The largest absolute Gasteiger partial charge is 0.311 e. The van der Waals surface area contributed by atoms with Crippen molar-refractivity contribution in [3.8, 4) is 10.4 Å². The van der Waals surface area contributed by atoms with E-state index in [1.165, 1.54) is 11.3 Å². The molecule has 204 valence electrons. The summed E-state index contributed by atoms with van der Waals surface area (Å²) in [6.45, 7) is 0.585. The van der Waals surface area contributed by atoms with Crippen molar-refractivity contribution in [2.75, 3.05) is 17.3 Å². The minimum absolute atomic E-state index is 0.114. The van der Waals surface area contributed by atoms with Crippen LogP contribution in [0.25, 0.3) is 21.5 Å². The van der Waals surface area contributed by atoms with Gasteiger partial charge in [0.05, 0.1) is 22.1 Å². The van der Waals surface area contributed by atoms with Crippen molar-refractivity contribution in [3.05, 3.63) is 114 Å². The van der Waals surface area contributed by atoms with E-state index < -0.39 is 0 Å². The fourth-order valence-corrected chi connectivity index (χ4v) is 5.53. The van der Waals surface area contributed by atoms with E-state index in [2.05, 4.69) is 15.4 Å². The Bertz CT molecular complexity index is 1840. The lowest BCUT2D eigenvalue weighted by atomic mass is 10.2. The maximum Gasteiger partial charge on any atom is 0.268 e. The van der Waals surface area contributed by atoms with Gasteiger partial charge in [-0.25, -0.2) is 4.98 Å². The number of benzene rings is 2. The van der Waals surface area contributed by atoms with E-state index in [0.717, 1.165) is 21.5 Å². The van der Waals surface area contributed by atoms with Gasteiger partial charge in [-0.05, 0) is 60.5 Å². The first kappa shape index (κ1) is 26.1. The number of aromatic nitrogens is 5. The molecule has 0 saturated heterocycles. The van der Waals surface area contributed by atoms with Crippen LogP contribution in [0.15, 0.2) is 97.6 Å². The number of nitrogens with zero attached hydrogens (tertiary/aromatic N) is 6. The fourth-order valence-electron chi connectivity index (χ4n) is 4.65. The van der Waals surface area contributed by atoms with Crippen molar-refractivity contribution in [3.63, 3.8) is 0 Å². The van der Waals surface area contributed by atoms with Gasteiger partial charge in [0.1, 0.15) is 0 Å². The Hall–Kier alpha value is -5.09. The van der Waals surface area contributed by atoms with Gasteiger partial charge in [0, 0.05) is 60.9 Å². The molecule has 41 heavy (non-hydrogen) atoms. The average molecular weight is 562 g/mol. The zero-order valence-electron chi connectivity index (χ0n) is 22.6. The van der Waals surface area contributed by atoms with Gasteiger partial charge in [-0.1, -0.05) is 24.3 Å². The lowest BCUT2D eigenvalue weighted by Crippen LogP contribution is -2.26. The average Bonchev–Trinajstić information content (AvgIpc) is 3.74. The predicted octanol–water partition coefficient (Wildman–Crippen LogP) is 5.66. The van der Waals surface area contributed by atoms with Gasteiger partial charge in [0.2, 0.25) is 5.95 Å². The maximum atomic E-state index is 13.4. The van der Waals surface area contributed by atoms with Crippen molar-refractivity contribution in [2.24, 2.45) is 7.05 Å². The lowest BCUT2D eigenvalue weighted by Gasteiger charge is -2.17. The highest BCUT2D eigenvalue weighted by Gasteiger charge is 2.19. The lowest BCUT2D eigenvalue weighted by molar-refractivity contribution is 0.0991. The summed E-state index contributed by atoms with van der Waals surface area (Å²) in [5.41, 5.74) is 4.89. The first-order valence-corrected chi connectivity index (χ1v) is 13.9. The smallest absolute Gasteiger partial charge is 0.268 e. The second-order valence-corrected chi connectivity index (χ2v) is 10.7. The van der Waals surface area contributed by atoms with Crippen LogP contribution in [0, 0.1) is 0 Å². The van der Waals surface area contributed by atoms with Crippen molar-refractivity contribution in [1.29, 1.82) is 0 Å². The van der Waals surface area contributed by atoms with Crippen LogP contribution in [0.3, 0.4) is 0 Å². The van der Waals surface area contributed by atoms with Crippen LogP contribution in [0.5, 0.6) is 0 Å². The monoisotopic (exact) mass is 561 g/mol. The highest BCUT2D eigenvalue weighted by atomic mass is 32.1. The molecule has 0 saturated carbocycles. The molecule has 0 spiro atoms. The molecular weight excluding hydrogens is 534 g/mol. The Morgan fingerprint density at radius 2 is 1.85 bits per heavy atom. The fraction of sp³-hybridized carbons (Fsp3) is 0.129. The van der Waals surface area contributed by atoms with Gasteiger partial charge in [0.15, 0.2) is 0 Å². The molecule has 6 rings (SSSR count). The van der Waals surface area contributed by atoms with Crippen molar-refractivity contribution in [1.82, 2.24) is 24.3 Å². The molecule has 0 aliphatic rings. The summed E-state index contributed by atoms with van der Waals surface area (Å²) in [6.07, 6.45) is 7.99. The predicted molar refractivity (Wildman–Crippen MR) is 161 cm³/mol. The molecule has 0 aliphatic carbocycles. The van der Waals surface area contributed by atoms with Gasteiger partial charge >= 0.3 is 0 Å². The van der Waals surface area contributed by atoms with Crippen LogP contribution in [0.4, 0.5) is 11.6 Å². The van der Waals surface area contributed by atoms with E-state index in [4.69, 9.17) is 4.98 Å². The molecule has 0 unspecified atom stereocenters. The minimum Gasteiger partial charge on any atom is -0.311 e. The molecule has 0 atom stereocenters. The molecule has 4 heterocycles. The first-order chi connectivity index (χ1) is 20.0. The third-order valence-corrected chi connectivity index (χ3v) is 7.97. The highest BCUT2D eigenvalue weighted by molar-refractivity contribution is 7.17. The van der Waals surface area contributed by atoms with Crippen LogP contribution in [-0.4, -0.2) is 43.2 Å². The van der Waals surface area contributed by atoms with Crippen LogP contribution in [0.2, 0.25) is 0 Å². The number of rotatable bonds is 8. The van der Waals surface area contributed by atoms with Crippen molar-refractivity contribution < 1.29 is 9.59 Å². The third kappa shape index (κ3) is 5.50. The van der Waals surface area contributed by atoms with E-state index in [1.807, 2.05) is 84.7 Å². The quantitative estimate of drug-likeness (QED) is 0.258. The normalized spacial score (nSPS) is 11.1. The highest BCUT2D eigenvalue weighted by Crippen LogP contribution is 2.30. The molecule has 0 fully saturated rings. The van der Waals surface area contributed by atoms with E-state index in [9.17, 15) is 9.59 Å². The topological polar surface area (TPSA) is 97.9 Å². The van der Waals surface area contributed by atoms with Gasteiger partial charge in [-0.3, -0.25) is 24.6 Å². The second-order valence-electron chi connectivity index (χ2n) is 9.62. The molecule has 4 aromatic heterocycles. The third-order valence-electron chi connectivity index (χ3n) is 6.84. The number of hydrogen-bond acceptors (Lipinski definition) is 6. The number of hydrogen-bond donors (Lipinski definition) is 1. The minimum atomic E-state index is -0.236. The number of pyridine rings is 1. The van der Waals surface area contributed by atoms with E-state index in [1.54, 1.807) is 41.2 Å². The summed E-state index contributed by atoms with van der Waals surface area (Å²) < 4.78 is 3.73. The van der Waals surface area contributed by atoms with Gasteiger partial charge in [0.25, 0.3) is 11.8 Å². The summed E-state index contributed by atoms with van der Waals surface area (Å²) in [5, 5.41) is 7.25. The molecule has 0 radical (unpaired) electrons. The summed E-state index contributed by atoms with van der Waals surface area (Å²) in [7, 11) is 3.61. The zero-order valence-corrected chi connectivity index (χ0v) is 23.4. The number of carbonyl (C=O) groups is 2. The number of carbonyl (C=O) groups excluding carboxylic acids is 2. The number of anilines is 2. The van der Waals surface area contributed by atoms with Crippen LogP contribution >= 0.6 is 11.3 Å². The Morgan fingerprint density at radius 1 is 1.00 bits per heavy atom. The zero-order chi connectivity index (χ0) is 28.3. The van der Waals surface area contributed by atoms with Crippen LogP contribution in [-0.2, 0) is 20.0 Å². The van der Waals surface area contributed by atoms with E-state index in [-0.39, 0.29) is 11.8 Å². The van der Waals surface area contributed by atoms with Crippen molar-refractivity contribution >= 4 is 45.8 Å². The molecule has 0 bridgehead atoms. The van der Waals surface area contributed by atoms with Gasteiger partial charge in [-0.15, -0.1) is 11.3 Å². The molecule has 0 aliphatic heterocycles. The number of nitrogens with one attached hydrogen (secondary N) is 1. The number of aryl methyl sites for hydroxylation is 3. The summed E-state index contributed by atoms with van der Waals surface area (Å²) >= 11 is 1.40. The second kappa shape index (κ2) is 11.2. The molecule has 2 amide bonds. The standard InChI is InChI=1S/C31H27N7O2S/c1-36-20-23(19-33-36)27-12-13-28(41-27)29(39)35-31-34-25-17-24(37(2)30(40)22-8-4-3-5-9-22)10-11-26(25)38(31)16-14-21-7-6-15-32-18-21/h3-13,15,17-20H,14,16H2,1-2H3,(H,34,35,39). The molecule has 1 N–H and O–H groups in total. The number of imidazole rings is 1. The van der Waals surface area contributed by atoms with Gasteiger partial charge in [-0.2, -0.15) is 5.10 Å². The van der Waals surface area contributed by atoms with Gasteiger partial charge < -0.3 is 9.47 Å². The number of amides is 2. The Kier molecular flexibility index (Phi) is 7.13. The summed E-state index contributed by atoms with van der Waals surface area (Å²) in [5.74, 6) is 0.0932. The molecule has 2 aromatic carbocycles. The van der Waals surface area contributed by atoms with Crippen LogP contribution in [0.1, 0.15) is 25.6 Å². The van der Waals surface area contributed by atoms with Crippen molar-refractivity contribution in [2.45, 2.75) is 13.0 Å². The van der Waals surface area contributed by atoms with E-state index in [0.29, 0.717) is 40.6 Å². The number of thiophene rings is 1. The Morgan fingerprint density at radius 3 is 2.61 bits per heavy atom. The first-order valence-electron chi connectivity index (χ1n) is 13.1. The molecular formula is C31H27N7O2S. The summed E-state index contributed by atoms with van der Waals surface area (Å²) in [6, 6.07) is 22.5.